The van der Waals surface area contributed by atoms with Crippen molar-refractivity contribution in [3.05, 3.63) is 0 Å². The molecule has 0 bridgehead atoms. The minimum Gasteiger partial charge on any atom is -0.465 e. The van der Waals surface area contributed by atoms with E-state index >= 15 is 0 Å². The van der Waals surface area contributed by atoms with Gasteiger partial charge >= 0.3 is 6.09 Å². The third kappa shape index (κ3) is 6.33. The minimum absolute atomic E-state index is 0.599. The molecule has 88 valence electrons. The topological polar surface area (TPSA) is 61.4 Å². The van der Waals surface area contributed by atoms with Gasteiger partial charge in [-0.3, -0.25) is 0 Å². The Morgan fingerprint density at radius 2 is 2.00 bits per heavy atom. The first-order chi connectivity index (χ1) is 7.29. The normalized spacial score (nSPS) is 17.6. The van der Waals surface area contributed by atoms with Gasteiger partial charge in [0.25, 0.3) is 0 Å². The molecule has 0 aromatic carbocycles. The molecule has 1 amide bonds. The van der Waals surface area contributed by atoms with Crippen LogP contribution in [0, 0.1) is 5.92 Å². The van der Waals surface area contributed by atoms with Crippen LogP contribution in [0.4, 0.5) is 4.79 Å². The summed E-state index contributed by atoms with van der Waals surface area (Å²) in [4.78, 5) is 10.2. The summed E-state index contributed by atoms with van der Waals surface area (Å²) in [5.74, 6) is 0.902. The first-order valence-corrected chi connectivity index (χ1v) is 5.96. The molecule has 1 saturated heterocycles. The monoisotopic (exact) mass is 214 g/mol. The molecule has 4 heteroatoms. The van der Waals surface area contributed by atoms with Crippen LogP contribution in [0.5, 0.6) is 0 Å². The molecular formula is C11H22N2O2. The van der Waals surface area contributed by atoms with E-state index in [0.29, 0.717) is 6.54 Å². The molecule has 1 rings (SSSR count). The molecular weight excluding hydrogens is 192 g/mol. The predicted octanol–water partition coefficient (Wildman–Crippen LogP) is 1.81. The average molecular weight is 214 g/mol. The van der Waals surface area contributed by atoms with Crippen molar-refractivity contribution in [2.75, 3.05) is 19.6 Å². The fourth-order valence-corrected chi connectivity index (χ4v) is 2.10. The molecule has 1 aliphatic rings. The Morgan fingerprint density at radius 1 is 1.27 bits per heavy atom. The second kappa shape index (κ2) is 7.51. The van der Waals surface area contributed by atoms with Gasteiger partial charge in [0.15, 0.2) is 0 Å². The van der Waals surface area contributed by atoms with Gasteiger partial charge in [-0.2, -0.15) is 0 Å². The highest BCUT2D eigenvalue weighted by atomic mass is 16.4. The fourth-order valence-electron chi connectivity index (χ4n) is 2.10. The zero-order valence-electron chi connectivity index (χ0n) is 9.30. The van der Waals surface area contributed by atoms with Crippen LogP contribution in [0.1, 0.15) is 38.5 Å². The van der Waals surface area contributed by atoms with Gasteiger partial charge in [0.05, 0.1) is 0 Å². The molecule has 0 aromatic rings. The second-order valence-electron chi connectivity index (χ2n) is 4.27. The fraction of sp³-hybridized carbons (Fsp3) is 0.909. The van der Waals surface area contributed by atoms with Gasteiger partial charge in [-0.1, -0.05) is 19.3 Å². The lowest BCUT2D eigenvalue weighted by molar-refractivity contribution is 0.194. The number of carbonyl (C=O) groups is 1. The summed E-state index contributed by atoms with van der Waals surface area (Å²) >= 11 is 0. The zero-order chi connectivity index (χ0) is 10.9. The number of piperidine rings is 1. The number of carboxylic acid groups (broad SMARTS) is 1. The zero-order valence-corrected chi connectivity index (χ0v) is 9.30. The van der Waals surface area contributed by atoms with E-state index in [-0.39, 0.29) is 0 Å². The van der Waals surface area contributed by atoms with Crippen molar-refractivity contribution < 1.29 is 9.90 Å². The number of amides is 1. The standard InChI is InChI=1S/C11H22N2O2/c14-11(15)13-7-3-1-2-4-10-5-8-12-9-6-10/h10,12-13H,1-9H2,(H,14,15). The van der Waals surface area contributed by atoms with Crippen LogP contribution in [0.2, 0.25) is 0 Å². The largest absolute Gasteiger partial charge is 0.465 e. The van der Waals surface area contributed by atoms with Gasteiger partial charge in [-0.05, 0) is 38.3 Å². The van der Waals surface area contributed by atoms with Crippen LogP contribution in [0.3, 0.4) is 0 Å². The second-order valence-corrected chi connectivity index (χ2v) is 4.27. The van der Waals surface area contributed by atoms with Crippen molar-refractivity contribution in [1.29, 1.82) is 0 Å². The van der Waals surface area contributed by atoms with Crippen LogP contribution in [0.15, 0.2) is 0 Å². The number of nitrogens with one attached hydrogen (secondary N) is 2. The highest BCUT2D eigenvalue weighted by Gasteiger charge is 2.11. The molecule has 0 aromatic heterocycles. The molecule has 15 heavy (non-hydrogen) atoms. The molecule has 0 atom stereocenters. The first kappa shape index (κ1) is 12.3. The van der Waals surface area contributed by atoms with Gasteiger partial charge in [0.2, 0.25) is 0 Å². The van der Waals surface area contributed by atoms with Crippen LogP contribution in [-0.4, -0.2) is 30.8 Å². The van der Waals surface area contributed by atoms with Crippen LogP contribution in [0.25, 0.3) is 0 Å². The molecule has 0 spiro atoms. The van der Waals surface area contributed by atoms with Crippen LogP contribution in [-0.2, 0) is 0 Å². The minimum atomic E-state index is -0.909. The van der Waals surface area contributed by atoms with E-state index in [4.69, 9.17) is 5.11 Å². The number of rotatable bonds is 6. The Kier molecular flexibility index (Phi) is 6.16. The summed E-state index contributed by atoms with van der Waals surface area (Å²) in [5, 5.41) is 14.1. The number of hydrogen-bond donors (Lipinski definition) is 3. The first-order valence-electron chi connectivity index (χ1n) is 5.96. The van der Waals surface area contributed by atoms with Gasteiger partial charge < -0.3 is 15.7 Å². The van der Waals surface area contributed by atoms with E-state index in [1.807, 2.05) is 0 Å². The van der Waals surface area contributed by atoms with Crippen molar-refractivity contribution in [1.82, 2.24) is 10.6 Å². The quantitative estimate of drug-likeness (QED) is 0.591. The summed E-state index contributed by atoms with van der Waals surface area (Å²) in [6, 6.07) is 0. The van der Waals surface area contributed by atoms with E-state index < -0.39 is 6.09 Å². The summed E-state index contributed by atoms with van der Waals surface area (Å²) in [6.45, 7) is 2.94. The Labute approximate surface area is 91.4 Å². The summed E-state index contributed by atoms with van der Waals surface area (Å²) in [5.41, 5.74) is 0. The lowest BCUT2D eigenvalue weighted by atomic mass is 9.92. The Morgan fingerprint density at radius 3 is 2.67 bits per heavy atom. The summed E-state index contributed by atoms with van der Waals surface area (Å²) in [7, 11) is 0. The van der Waals surface area contributed by atoms with Crippen molar-refractivity contribution in [3.63, 3.8) is 0 Å². The van der Waals surface area contributed by atoms with Crippen molar-refractivity contribution in [3.8, 4) is 0 Å². The van der Waals surface area contributed by atoms with Crippen molar-refractivity contribution >= 4 is 6.09 Å². The third-order valence-corrected chi connectivity index (χ3v) is 3.02. The van der Waals surface area contributed by atoms with Gasteiger partial charge in [-0.15, -0.1) is 0 Å². The molecule has 1 aliphatic heterocycles. The molecule has 0 aliphatic carbocycles. The summed E-state index contributed by atoms with van der Waals surface area (Å²) in [6.07, 6.45) is 6.39. The maximum Gasteiger partial charge on any atom is 0.404 e. The highest BCUT2D eigenvalue weighted by molar-refractivity contribution is 5.64. The molecule has 0 unspecified atom stereocenters. The van der Waals surface area contributed by atoms with Gasteiger partial charge in [0.1, 0.15) is 0 Å². The SMILES string of the molecule is O=C(O)NCCCCCC1CCNCC1. The predicted molar refractivity (Wildman–Crippen MR) is 60.1 cm³/mol. The van der Waals surface area contributed by atoms with Crippen LogP contribution >= 0.6 is 0 Å². The van der Waals surface area contributed by atoms with Gasteiger partial charge in [-0.25, -0.2) is 4.79 Å². The maximum atomic E-state index is 10.2. The molecule has 3 N–H and O–H groups in total. The molecule has 1 fully saturated rings. The highest BCUT2D eigenvalue weighted by Crippen LogP contribution is 2.18. The smallest absolute Gasteiger partial charge is 0.404 e. The maximum absolute atomic E-state index is 10.2. The molecule has 0 radical (unpaired) electrons. The lowest BCUT2D eigenvalue weighted by Crippen LogP contribution is -2.27. The molecule has 1 heterocycles. The Balaban J connectivity index is 1.85. The number of unbranched alkanes of at least 4 members (excludes halogenated alkanes) is 2. The lowest BCUT2D eigenvalue weighted by Gasteiger charge is -2.22. The molecule has 4 nitrogen and oxygen atoms in total. The average Bonchev–Trinajstić information content (AvgIpc) is 2.24. The van der Waals surface area contributed by atoms with E-state index in [0.717, 1.165) is 18.8 Å². The van der Waals surface area contributed by atoms with E-state index in [9.17, 15) is 4.79 Å². The van der Waals surface area contributed by atoms with E-state index in [1.54, 1.807) is 0 Å². The Bertz CT molecular complexity index is 179. The van der Waals surface area contributed by atoms with Crippen LogP contribution < -0.4 is 10.6 Å². The third-order valence-electron chi connectivity index (χ3n) is 3.02. The van der Waals surface area contributed by atoms with E-state index in [1.165, 1.54) is 38.8 Å². The molecule has 0 saturated carbocycles. The van der Waals surface area contributed by atoms with Gasteiger partial charge in [0, 0.05) is 6.54 Å². The van der Waals surface area contributed by atoms with E-state index in [2.05, 4.69) is 10.6 Å². The summed E-state index contributed by atoms with van der Waals surface area (Å²) < 4.78 is 0. The van der Waals surface area contributed by atoms with Crippen molar-refractivity contribution in [2.24, 2.45) is 5.92 Å². The van der Waals surface area contributed by atoms with Crippen molar-refractivity contribution in [2.45, 2.75) is 38.5 Å². The Hall–Kier alpha value is -0.770. The number of hydrogen-bond acceptors (Lipinski definition) is 2.